The van der Waals surface area contributed by atoms with Gasteiger partial charge in [0, 0.05) is 29.6 Å². The Labute approximate surface area is 123 Å². The molecule has 2 heterocycles. The van der Waals surface area contributed by atoms with Crippen molar-refractivity contribution >= 4 is 12.0 Å². The number of benzene rings is 2. The van der Waals surface area contributed by atoms with Crippen LogP contribution < -0.4 is 0 Å². The molecule has 2 nitrogen and oxygen atoms in total. The normalized spacial score (nSPS) is 12.7. The molecule has 0 saturated carbocycles. The largest absolute Gasteiger partial charge is 0.319 e. The summed E-state index contributed by atoms with van der Waals surface area (Å²) in [7, 11) is 0. The molecule has 0 aliphatic carbocycles. The summed E-state index contributed by atoms with van der Waals surface area (Å²) in [6, 6.07) is 20.3. The Morgan fingerprint density at radius 3 is 2.05 bits per heavy atom. The van der Waals surface area contributed by atoms with Crippen molar-refractivity contribution in [3.05, 3.63) is 78.6 Å². The molecule has 0 bridgehead atoms. The minimum atomic E-state index is 0.0658. The van der Waals surface area contributed by atoms with Crippen LogP contribution in [0.5, 0.6) is 0 Å². The first-order valence-electron chi connectivity index (χ1n) is 6.93. The fraction of sp³-hybridized carbons (Fsp3) is 0. The van der Waals surface area contributed by atoms with Gasteiger partial charge in [0.05, 0.1) is 0 Å². The number of nitrogens with zero attached hydrogens (tertiary/aromatic N) is 1. The fourth-order valence-corrected chi connectivity index (χ4v) is 2.85. The van der Waals surface area contributed by atoms with Crippen LogP contribution in [-0.4, -0.2) is 10.4 Å². The van der Waals surface area contributed by atoms with Crippen LogP contribution in [0.25, 0.3) is 28.5 Å². The zero-order valence-corrected chi connectivity index (χ0v) is 11.4. The quantitative estimate of drug-likeness (QED) is 0.673. The lowest BCUT2D eigenvalue weighted by Gasteiger charge is -2.06. The standard InChI is InChI=1S/C19H13NO/c21-17-11-12-20-13-16(14-7-3-1-4-8-14)18(19(17)20)15-9-5-2-6-10-15/h1-13H. The average molecular weight is 271 g/mol. The highest BCUT2D eigenvalue weighted by Crippen LogP contribution is 2.38. The van der Waals surface area contributed by atoms with Gasteiger partial charge in [-0.15, -0.1) is 0 Å². The van der Waals surface area contributed by atoms with Gasteiger partial charge in [0.15, 0.2) is 0 Å². The second-order valence-corrected chi connectivity index (χ2v) is 5.09. The maximum atomic E-state index is 12.2. The van der Waals surface area contributed by atoms with Crippen molar-refractivity contribution in [2.24, 2.45) is 0 Å². The molecule has 0 fully saturated rings. The summed E-state index contributed by atoms with van der Waals surface area (Å²) in [4.78, 5) is 12.2. The lowest BCUT2D eigenvalue weighted by atomic mass is 9.96. The summed E-state index contributed by atoms with van der Waals surface area (Å²) in [5.74, 6) is 0.0658. The zero-order valence-electron chi connectivity index (χ0n) is 11.4. The van der Waals surface area contributed by atoms with E-state index in [4.69, 9.17) is 0 Å². The van der Waals surface area contributed by atoms with E-state index in [0.29, 0.717) is 0 Å². The molecule has 1 aromatic heterocycles. The highest BCUT2D eigenvalue weighted by Gasteiger charge is 2.24. The highest BCUT2D eigenvalue weighted by atomic mass is 16.1. The number of aromatic nitrogens is 1. The number of hydrogen-bond acceptors (Lipinski definition) is 1. The fourth-order valence-electron chi connectivity index (χ4n) is 2.85. The molecule has 4 rings (SSSR count). The first-order valence-corrected chi connectivity index (χ1v) is 6.93. The van der Waals surface area contributed by atoms with E-state index in [0.717, 1.165) is 27.9 Å². The number of ketones is 1. The Balaban J connectivity index is 2.03. The minimum Gasteiger partial charge on any atom is -0.319 e. The van der Waals surface area contributed by atoms with Crippen molar-refractivity contribution in [3.8, 4) is 22.3 Å². The second-order valence-electron chi connectivity index (χ2n) is 5.09. The summed E-state index contributed by atoms with van der Waals surface area (Å²) in [6.07, 6.45) is 5.49. The van der Waals surface area contributed by atoms with Crippen molar-refractivity contribution in [3.63, 3.8) is 0 Å². The molecule has 0 radical (unpaired) electrons. The van der Waals surface area contributed by atoms with Crippen LogP contribution in [0.4, 0.5) is 0 Å². The molecule has 3 aromatic rings. The van der Waals surface area contributed by atoms with Gasteiger partial charge in [-0.05, 0) is 11.1 Å². The van der Waals surface area contributed by atoms with E-state index in [1.807, 2.05) is 65.5 Å². The first kappa shape index (κ1) is 11.9. The van der Waals surface area contributed by atoms with E-state index in [9.17, 15) is 4.79 Å². The van der Waals surface area contributed by atoms with Crippen molar-refractivity contribution in [2.45, 2.75) is 0 Å². The monoisotopic (exact) mass is 271 g/mol. The summed E-state index contributed by atoms with van der Waals surface area (Å²) < 4.78 is 1.92. The average Bonchev–Trinajstić information content (AvgIpc) is 3.09. The molecule has 0 amide bonds. The van der Waals surface area contributed by atoms with Crippen LogP contribution in [0.3, 0.4) is 0 Å². The number of carbonyl (C=O) groups is 1. The molecule has 0 saturated heterocycles. The van der Waals surface area contributed by atoms with Gasteiger partial charge in [0.25, 0.3) is 0 Å². The number of hydrogen-bond donors (Lipinski definition) is 0. The van der Waals surface area contributed by atoms with E-state index in [-0.39, 0.29) is 5.78 Å². The van der Waals surface area contributed by atoms with Gasteiger partial charge >= 0.3 is 0 Å². The maximum Gasteiger partial charge on any atom is 0.204 e. The van der Waals surface area contributed by atoms with Crippen molar-refractivity contribution in [1.29, 1.82) is 0 Å². The van der Waals surface area contributed by atoms with Crippen LogP contribution in [0, 0.1) is 0 Å². The summed E-state index contributed by atoms with van der Waals surface area (Å²) in [6.45, 7) is 0. The third-order valence-electron chi connectivity index (χ3n) is 3.80. The third kappa shape index (κ3) is 1.84. The molecule has 0 spiro atoms. The Hall–Kier alpha value is -2.87. The predicted octanol–water partition coefficient (Wildman–Crippen LogP) is 4.49. The SMILES string of the molecule is O=C1C=Cn2cc(-c3ccccc3)c(-c3ccccc3)c21. The number of fused-ring (bicyclic) bond motifs is 1. The van der Waals surface area contributed by atoms with Gasteiger partial charge in [-0.1, -0.05) is 60.7 Å². The van der Waals surface area contributed by atoms with E-state index >= 15 is 0 Å². The summed E-state index contributed by atoms with van der Waals surface area (Å²) in [5, 5.41) is 0. The van der Waals surface area contributed by atoms with Crippen LogP contribution in [0.1, 0.15) is 10.5 Å². The zero-order chi connectivity index (χ0) is 14.2. The number of allylic oxidation sites excluding steroid dienone is 1. The molecule has 21 heavy (non-hydrogen) atoms. The summed E-state index contributed by atoms with van der Waals surface area (Å²) in [5.41, 5.74) is 5.05. The minimum absolute atomic E-state index is 0.0658. The van der Waals surface area contributed by atoms with Gasteiger partial charge in [0.1, 0.15) is 5.69 Å². The van der Waals surface area contributed by atoms with Gasteiger partial charge in [-0.3, -0.25) is 4.79 Å². The van der Waals surface area contributed by atoms with Gasteiger partial charge < -0.3 is 4.57 Å². The molecule has 0 atom stereocenters. The Morgan fingerprint density at radius 2 is 1.38 bits per heavy atom. The maximum absolute atomic E-state index is 12.2. The molecule has 100 valence electrons. The van der Waals surface area contributed by atoms with Gasteiger partial charge in [-0.25, -0.2) is 0 Å². The predicted molar refractivity (Wildman–Crippen MR) is 85.0 cm³/mol. The molecule has 0 unspecified atom stereocenters. The smallest absolute Gasteiger partial charge is 0.204 e. The Bertz CT molecular complexity index is 842. The van der Waals surface area contributed by atoms with Crippen LogP contribution in [0.2, 0.25) is 0 Å². The number of rotatable bonds is 2. The lowest BCUT2D eigenvalue weighted by molar-refractivity contribution is 0.104. The van der Waals surface area contributed by atoms with Crippen molar-refractivity contribution in [1.82, 2.24) is 4.57 Å². The Kier molecular flexibility index (Phi) is 2.61. The Morgan fingerprint density at radius 1 is 0.762 bits per heavy atom. The third-order valence-corrected chi connectivity index (χ3v) is 3.80. The molecule has 1 aliphatic rings. The first-order chi connectivity index (χ1) is 10.3. The molecular weight excluding hydrogens is 258 g/mol. The van der Waals surface area contributed by atoms with Crippen molar-refractivity contribution in [2.75, 3.05) is 0 Å². The molecule has 2 aromatic carbocycles. The molecule has 0 N–H and O–H groups in total. The van der Waals surface area contributed by atoms with E-state index in [1.54, 1.807) is 6.08 Å². The second kappa shape index (κ2) is 4.60. The van der Waals surface area contributed by atoms with Gasteiger partial charge in [-0.2, -0.15) is 0 Å². The van der Waals surface area contributed by atoms with E-state index in [2.05, 4.69) is 12.1 Å². The molecule has 1 aliphatic heterocycles. The molecule has 2 heteroatoms. The van der Waals surface area contributed by atoms with Crippen LogP contribution >= 0.6 is 0 Å². The van der Waals surface area contributed by atoms with E-state index < -0.39 is 0 Å². The van der Waals surface area contributed by atoms with Crippen LogP contribution in [-0.2, 0) is 0 Å². The topological polar surface area (TPSA) is 22.0 Å². The number of carbonyl (C=O) groups excluding carboxylic acids is 1. The van der Waals surface area contributed by atoms with E-state index in [1.165, 1.54) is 0 Å². The van der Waals surface area contributed by atoms with Gasteiger partial charge in [0.2, 0.25) is 5.78 Å². The summed E-state index contributed by atoms with van der Waals surface area (Å²) >= 11 is 0. The highest BCUT2D eigenvalue weighted by molar-refractivity contribution is 6.15. The van der Waals surface area contributed by atoms with Crippen LogP contribution in [0.15, 0.2) is 72.9 Å². The molecular formula is C19H13NO. The van der Waals surface area contributed by atoms with Crippen molar-refractivity contribution < 1.29 is 4.79 Å². The lowest BCUT2D eigenvalue weighted by Crippen LogP contribution is -1.96.